The molecule has 1 aliphatic rings. The van der Waals surface area contributed by atoms with E-state index < -0.39 is 0 Å². The average Bonchev–Trinajstić information content (AvgIpc) is 2.68. The van der Waals surface area contributed by atoms with E-state index in [1.807, 2.05) is 11.3 Å². The molecule has 4 heteroatoms. The lowest BCUT2D eigenvalue weighted by molar-refractivity contribution is 0.168. The van der Waals surface area contributed by atoms with Crippen molar-refractivity contribution >= 4 is 27.3 Å². The summed E-state index contributed by atoms with van der Waals surface area (Å²) in [5.41, 5.74) is 0. The molecule has 96 valence electrons. The predicted octanol–water partition coefficient (Wildman–Crippen LogP) is 3.50. The van der Waals surface area contributed by atoms with Gasteiger partial charge in [0.25, 0.3) is 0 Å². The van der Waals surface area contributed by atoms with Crippen LogP contribution < -0.4 is 5.32 Å². The van der Waals surface area contributed by atoms with Crippen LogP contribution in [0, 0.1) is 5.92 Å². The van der Waals surface area contributed by atoms with Crippen LogP contribution in [0.1, 0.15) is 31.2 Å². The summed E-state index contributed by atoms with van der Waals surface area (Å²) in [5, 5.41) is 5.93. The third-order valence-corrected chi connectivity index (χ3v) is 5.66. The van der Waals surface area contributed by atoms with E-state index >= 15 is 0 Å². The number of nitrogens with zero attached hydrogens (tertiary/aromatic N) is 1. The van der Waals surface area contributed by atoms with Gasteiger partial charge in [-0.15, -0.1) is 11.3 Å². The van der Waals surface area contributed by atoms with E-state index in [4.69, 9.17) is 0 Å². The van der Waals surface area contributed by atoms with E-state index in [1.54, 1.807) is 0 Å². The molecule has 0 saturated carbocycles. The fourth-order valence-corrected chi connectivity index (χ4v) is 4.35. The van der Waals surface area contributed by atoms with Crippen molar-refractivity contribution in [1.29, 1.82) is 0 Å². The lowest BCUT2D eigenvalue weighted by Gasteiger charge is -2.36. The third kappa shape index (κ3) is 3.31. The number of hydrogen-bond acceptors (Lipinski definition) is 3. The van der Waals surface area contributed by atoms with Gasteiger partial charge in [-0.2, -0.15) is 0 Å². The van der Waals surface area contributed by atoms with Crippen LogP contribution >= 0.6 is 27.3 Å². The highest BCUT2D eigenvalue weighted by Gasteiger charge is 2.26. The Bertz CT molecular complexity index is 366. The van der Waals surface area contributed by atoms with Crippen molar-refractivity contribution in [3.05, 3.63) is 20.8 Å². The van der Waals surface area contributed by atoms with Crippen LogP contribution in [-0.2, 0) is 0 Å². The fraction of sp³-hybridized carbons (Fsp3) is 0.692. The molecule has 2 rings (SSSR count). The molecule has 2 nitrogen and oxygen atoms in total. The molecular weight excluding hydrogens is 296 g/mol. The highest BCUT2D eigenvalue weighted by molar-refractivity contribution is 9.10. The first-order valence-corrected chi connectivity index (χ1v) is 7.92. The van der Waals surface area contributed by atoms with Crippen molar-refractivity contribution < 1.29 is 0 Å². The van der Waals surface area contributed by atoms with E-state index in [1.165, 1.54) is 28.9 Å². The van der Waals surface area contributed by atoms with Crippen LogP contribution in [0.2, 0.25) is 0 Å². The molecule has 0 spiro atoms. The van der Waals surface area contributed by atoms with Crippen molar-refractivity contribution in [2.75, 3.05) is 20.1 Å². The molecule has 1 N–H and O–H groups in total. The number of hydrogen-bond donors (Lipinski definition) is 1. The Morgan fingerprint density at radius 1 is 1.59 bits per heavy atom. The van der Waals surface area contributed by atoms with Gasteiger partial charge < -0.3 is 10.2 Å². The standard InChI is InChI=1S/C13H21BrN2S/c1-9-8-16(3)6-4-12(9)15-10(2)13-11(14)5-7-17-13/h5,7,9-10,12,15H,4,6,8H2,1-3H3. The van der Waals surface area contributed by atoms with Crippen molar-refractivity contribution in [2.24, 2.45) is 5.92 Å². The number of rotatable bonds is 3. The molecule has 0 amide bonds. The maximum atomic E-state index is 3.79. The zero-order valence-corrected chi connectivity index (χ0v) is 13.1. The van der Waals surface area contributed by atoms with Crippen LogP contribution in [0.25, 0.3) is 0 Å². The predicted molar refractivity (Wildman–Crippen MR) is 78.6 cm³/mol. The fourth-order valence-electron chi connectivity index (χ4n) is 2.61. The number of thiophene rings is 1. The number of nitrogens with one attached hydrogen (secondary N) is 1. The highest BCUT2D eigenvalue weighted by Crippen LogP contribution is 2.30. The Balaban J connectivity index is 1.95. The molecule has 1 aromatic heterocycles. The molecule has 17 heavy (non-hydrogen) atoms. The van der Waals surface area contributed by atoms with Crippen molar-refractivity contribution in [2.45, 2.75) is 32.4 Å². The van der Waals surface area contributed by atoms with Gasteiger partial charge in [-0.05, 0) is 60.2 Å². The third-order valence-electron chi connectivity index (χ3n) is 3.61. The van der Waals surface area contributed by atoms with Gasteiger partial charge in [-0.3, -0.25) is 0 Å². The van der Waals surface area contributed by atoms with Gasteiger partial charge in [0.15, 0.2) is 0 Å². The van der Waals surface area contributed by atoms with Gasteiger partial charge in [0, 0.05) is 28.0 Å². The zero-order valence-electron chi connectivity index (χ0n) is 10.7. The minimum Gasteiger partial charge on any atom is -0.306 e. The minimum atomic E-state index is 0.445. The number of halogens is 1. The topological polar surface area (TPSA) is 15.3 Å². The van der Waals surface area contributed by atoms with Gasteiger partial charge >= 0.3 is 0 Å². The van der Waals surface area contributed by atoms with Crippen LogP contribution in [-0.4, -0.2) is 31.1 Å². The maximum Gasteiger partial charge on any atom is 0.0399 e. The molecule has 3 atom stereocenters. The van der Waals surface area contributed by atoms with Crippen LogP contribution in [0.4, 0.5) is 0 Å². The minimum absolute atomic E-state index is 0.445. The second-order valence-electron chi connectivity index (χ2n) is 5.16. The van der Waals surface area contributed by atoms with Crippen molar-refractivity contribution in [1.82, 2.24) is 10.2 Å². The molecule has 2 heterocycles. The van der Waals surface area contributed by atoms with E-state index in [0.29, 0.717) is 12.1 Å². The van der Waals surface area contributed by atoms with Crippen LogP contribution in [0.3, 0.4) is 0 Å². The monoisotopic (exact) mass is 316 g/mol. The zero-order chi connectivity index (χ0) is 12.4. The van der Waals surface area contributed by atoms with Crippen LogP contribution in [0.5, 0.6) is 0 Å². The summed E-state index contributed by atoms with van der Waals surface area (Å²) in [7, 11) is 2.21. The second kappa shape index (κ2) is 5.83. The summed E-state index contributed by atoms with van der Waals surface area (Å²) in [5.74, 6) is 0.731. The van der Waals surface area contributed by atoms with Crippen LogP contribution in [0.15, 0.2) is 15.9 Å². The first kappa shape index (κ1) is 13.5. The van der Waals surface area contributed by atoms with Gasteiger partial charge in [-0.25, -0.2) is 0 Å². The second-order valence-corrected chi connectivity index (χ2v) is 6.96. The molecule has 1 aromatic rings. The van der Waals surface area contributed by atoms with Gasteiger partial charge in [-0.1, -0.05) is 6.92 Å². The molecule has 0 aliphatic carbocycles. The lowest BCUT2D eigenvalue weighted by Crippen LogP contribution is -2.47. The Morgan fingerprint density at radius 3 is 2.94 bits per heavy atom. The molecule has 1 saturated heterocycles. The highest BCUT2D eigenvalue weighted by atomic mass is 79.9. The number of likely N-dealkylation sites (tertiary alicyclic amines) is 1. The molecule has 0 aromatic carbocycles. The summed E-state index contributed by atoms with van der Waals surface area (Å²) < 4.78 is 1.24. The molecule has 0 bridgehead atoms. The smallest absolute Gasteiger partial charge is 0.0399 e. The van der Waals surface area contributed by atoms with Gasteiger partial charge in [0.1, 0.15) is 0 Å². The molecular formula is C13H21BrN2S. The van der Waals surface area contributed by atoms with Crippen molar-refractivity contribution in [3.8, 4) is 0 Å². The first-order valence-electron chi connectivity index (χ1n) is 6.25. The Kier molecular flexibility index (Phi) is 4.64. The summed E-state index contributed by atoms with van der Waals surface area (Å²) in [6.07, 6.45) is 1.25. The Labute approximate surface area is 117 Å². The first-order chi connectivity index (χ1) is 8.08. The summed E-state index contributed by atoms with van der Waals surface area (Å²) in [6.45, 7) is 7.03. The molecule has 1 fully saturated rings. The normalized spacial score (nSPS) is 28.2. The molecule has 1 aliphatic heterocycles. The quantitative estimate of drug-likeness (QED) is 0.918. The van der Waals surface area contributed by atoms with E-state index in [2.05, 4.69) is 58.5 Å². The SMILES string of the molecule is CC(NC1CCN(C)CC1C)c1sccc1Br. The number of piperidine rings is 1. The van der Waals surface area contributed by atoms with Gasteiger partial charge in [0.05, 0.1) is 0 Å². The summed E-state index contributed by atoms with van der Waals surface area (Å²) in [4.78, 5) is 3.84. The Hall–Kier alpha value is 0.100. The maximum absolute atomic E-state index is 3.79. The summed E-state index contributed by atoms with van der Waals surface area (Å²) >= 11 is 5.45. The average molecular weight is 317 g/mol. The van der Waals surface area contributed by atoms with E-state index in [9.17, 15) is 0 Å². The van der Waals surface area contributed by atoms with Gasteiger partial charge in [0.2, 0.25) is 0 Å². The van der Waals surface area contributed by atoms with E-state index in [-0.39, 0.29) is 0 Å². The Morgan fingerprint density at radius 2 is 2.35 bits per heavy atom. The van der Waals surface area contributed by atoms with E-state index in [0.717, 1.165) is 5.92 Å². The van der Waals surface area contributed by atoms with Crippen molar-refractivity contribution in [3.63, 3.8) is 0 Å². The largest absolute Gasteiger partial charge is 0.306 e. The summed E-state index contributed by atoms with van der Waals surface area (Å²) in [6, 6.07) is 3.23. The molecule has 0 radical (unpaired) electrons. The molecule has 3 unspecified atom stereocenters. The lowest BCUT2D eigenvalue weighted by atomic mass is 9.93.